The Morgan fingerprint density at radius 3 is 2.24 bits per heavy atom. The van der Waals surface area contributed by atoms with E-state index in [1.165, 1.54) is 0 Å². The van der Waals surface area contributed by atoms with Crippen LogP contribution >= 0.6 is 0 Å². The van der Waals surface area contributed by atoms with Crippen LogP contribution in [-0.2, 0) is 9.53 Å². The van der Waals surface area contributed by atoms with E-state index in [1.807, 2.05) is 20.8 Å². The third-order valence-electron chi connectivity index (χ3n) is 3.21. The summed E-state index contributed by atoms with van der Waals surface area (Å²) in [6, 6.07) is 0. The molecule has 1 aliphatic rings. The Labute approximate surface area is 106 Å². The summed E-state index contributed by atoms with van der Waals surface area (Å²) in [4.78, 5) is 14.2. The highest BCUT2D eigenvalue weighted by Gasteiger charge is 2.23. The summed E-state index contributed by atoms with van der Waals surface area (Å²) in [5, 5.41) is 0. The zero-order valence-corrected chi connectivity index (χ0v) is 12.0. The third-order valence-corrected chi connectivity index (χ3v) is 3.21. The second kappa shape index (κ2) is 5.96. The molecule has 2 atom stereocenters. The van der Waals surface area contributed by atoms with Gasteiger partial charge in [-0.05, 0) is 26.8 Å². The van der Waals surface area contributed by atoms with Gasteiger partial charge in [0.05, 0.1) is 12.2 Å². The van der Waals surface area contributed by atoms with Gasteiger partial charge in [-0.2, -0.15) is 0 Å². The van der Waals surface area contributed by atoms with Crippen molar-refractivity contribution in [3.63, 3.8) is 0 Å². The lowest BCUT2D eigenvalue weighted by Gasteiger charge is -2.35. The number of Topliss-reactive ketones (excluding diaryl/α,β-unsaturated/α-hetero) is 1. The summed E-state index contributed by atoms with van der Waals surface area (Å²) in [5.41, 5.74) is -0.189. The zero-order valence-electron chi connectivity index (χ0n) is 12.0. The van der Waals surface area contributed by atoms with Crippen LogP contribution in [0.3, 0.4) is 0 Å². The smallest absolute Gasteiger partial charge is 0.138 e. The number of carbonyl (C=O) groups is 1. The molecule has 0 saturated carbocycles. The van der Waals surface area contributed by atoms with Gasteiger partial charge in [-0.1, -0.05) is 20.8 Å². The summed E-state index contributed by atoms with van der Waals surface area (Å²) < 4.78 is 5.69. The van der Waals surface area contributed by atoms with Crippen LogP contribution in [0.4, 0.5) is 0 Å². The molecule has 0 amide bonds. The molecule has 0 radical (unpaired) electrons. The van der Waals surface area contributed by atoms with E-state index in [4.69, 9.17) is 4.74 Å². The first-order valence-corrected chi connectivity index (χ1v) is 6.70. The molecule has 1 heterocycles. The van der Waals surface area contributed by atoms with Gasteiger partial charge in [-0.25, -0.2) is 0 Å². The van der Waals surface area contributed by atoms with E-state index in [-0.39, 0.29) is 5.41 Å². The van der Waals surface area contributed by atoms with Crippen LogP contribution in [0.1, 0.15) is 47.5 Å². The first-order valence-electron chi connectivity index (χ1n) is 6.70. The fraction of sp³-hybridized carbons (Fsp3) is 0.929. The summed E-state index contributed by atoms with van der Waals surface area (Å²) in [6.45, 7) is 13.2. The molecular weight excluding hydrogens is 214 g/mol. The molecule has 3 nitrogen and oxygen atoms in total. The van der Waals surface area contributed by atoms with Crippen LogP contribution in [0.5, 0.6) is 0 Å². The minimum absolute atomic E-state index is 0.189. The Morgan fingerprint density at radius 1 is 1.24 bits per heavy atom. The normalized spacial score (nSPS) is 27.1. The van der Waals surface area contributed by atoms with Crippen LogP contribution in [0.2, 0.25) is 0 Å². The number of rotatable bonds is 4. The van der Waals surface area contributed by atoms with Crippen LogP contribution in [0.15, 0.2) is 0 Å². The molecule has 0 unspecified atom stereocenters. The van der Waals surface area contributed by atoms with Crippen molar-refractivity contribution < 1.29 is 9.53 Å². The van der Waals surface area contributed by atoms with Crippen LogP contribution in [0, 0.1) is 5.41 Å². The molecule has 1 rings (SSSR count). The molecule has 0 aliphatic carbocycles. The largest absolute Gasteiger partial charge is 0.373 e. The van der Waals surface area contributed by atoms with Crippen molar-refractivity contribution in [3.05, 3.63) is 0 Å². The van der Waals surface area contributed by atoms with Gasteiger partial charge in [0.25, 0.3) is 0 Å². The molecule has 1 aliphatic heterocycles. The van der Waals surface area contributed by atoms with Gasteiger partial charge in [-0.3, -0.25) is 9.69 Å². The predicted molar refractivity (Wildman–Crippen MR) is 70.1 cm³/mol. The van der Waals surface area contributed by atoms with Gasteiger partial charge in [0.15, 0.2) is 0 Å². The van der Waals surface area contributed by atoms with Crippen molar-refractivity contribution in [2.75, 3.05) is 19.6 Å². The minimum Gasteiger partial charge on any atom is -0.373 e. The average molecular weight is 241 g/mol. The monoisotopic (exact) mass is 241 g/mol. The average Bonchev–Trinajstić information content (AvgIpc) is 2.14. The van der Waals surface area contributed by atoms with E-state index in [0.29, 0.717) is 24.4 Å². The minimum atomic E-state index is -0.189. The maximum atomic E-state index is 11.8. The van der Waals surface area contributed by atoms with Crippen molar-refractivity contribution >= 4 is 5.78 Å². The van der Waals surface area contributed by atoms with Gasteiger partial charge < -0.3 is 4.74 Å². The number of nitrogens with zero attached hydrogens (tertiary/aromatic N) is 1. The molecular formula is C14H27NO2. The quantitative estimate of drug-likeness (QED) is 0.757. The lowest BCUT2D eigenvalue weighted by molar-refractivity contribution is -0.126. The number of ketones is 1. The molecule has 0 aromatic rings. The second-order valence-corrected chi connectivity index (χ2v) is 6.29. The number of ether oxygens (including phenoxy) is 1. The highest BCUT2D eigenvalue weighted by atomic mass is 16.5. The number of hydrogen-bond acceptors (Lipinski definition) is 3. The molecule has 17 heavy (non-hydrogen) atoms. The molecule has 0 aromatic heterocycles. The summed E-state index contributed by atoms with van der Waals surface area (Å²) in [7, 11) is 0. The third kappa shape index (κ3) is 5.17. The topological polar surface area (TPSA) is 29.5 Å². The van der Waals surface area contributed by atoms with Crippen molar-refractivity contribution in [1.29, 1.82) is 0 Å². The molecule has 100 valence electrons. The first kappa shape index (κ1) is 14.7. The van der Waals surface area contributed by atoms with E-state index in [0.717, 1.165) is 26.1 Å². The Bertz CT molecular complexity index is 247. The highest BCUT2D eigenvalue weighted by molar-refractivity contribution is 5.83. The van der Waals surface area contributed by atoms with E-state index in [9.17, 15) is 4.79 Å². The predicted octanol–water partition coefficient (Wildman–Crippen LogP) is 2.49. The Balaban J connectivity index is 2.25. The van der Waals surface area contributed by atoms with Gasteiger partial charge in [0.1, 0.15) is 5.78 Å². The number of morpholine rings is 1. The summed E-state index contributed by atoms with van der Waals surface area (Å²) in [5.74, 6) is 0.367. The fourth-order valence-electron chi connectivity index (χ4n) is 2.31. The van der Waals surface area contributed by atoms with Crippen molar-refractivity contribution in [2.45, 2.75) is 59.7 Å². The van der Waals surface area contributed by atoms with Gasteiger partial charge >= 0.3 is 0 Å². The summed E-state index contributed by atoms with van der Waals surface area (Å²) in [6.07, 6.45) is 2.30. The maximum Gasteiger partial charge on any atom is 0.138 e. The van der Waals surface area contributed by atoms with Crippen LogP contribution in [0.25, 0.3) is 0 Å². The van der Waals surface area contributed by atoms with Crippen molar-refractivity contribution in [3.8, 4) is 0 Å². The number of carbonyl (C=O) groups excluding carboxylic acids is 1. The first-order chi connectivity index (χ1) is 7.79. The molecule has 0 spiro atoms. The van der Waals surface area contributed by atoms with Crippen molar-refractivity contribution in [1.82, 2.24) is 4.90 Å². The Morgan fingerprint density at radius 2 is 1.76 bits per heavy atom. The molecule has 0 N–H and O–H groups in total. The van der Waals surface area contributed by atoms with Gasteiger partial charge in [0.2, 0.25) is 0 Å². The highest BCUT2D eigenvalue weighted by Crippen LogP contribution is 2.18. The van der Waals surface area contributed by atoms with E-state index in [1.54, 1.807) is 0 Å². The summed E-state index contributed by atoms with van der Waals surface area (Å²) >= 11 is 0. The molecule has 0 bridgehead atoms. The van der Waals surface area contributed by atoms with Crippen LogP contribution < -0.4 is 0 Å². The van der Waals surface area contributed by atoms with E-state index >= 15 is 0 Å². The van der Waals surface area contributed by atoms with Gasteiger partial charge in [-0.15, -0.1) is 0 Å². The Kier molecular flexibility index (Phi) is 5.14. The fourth-order valence-corrected chi connectivity index (χ4v) is 2.31. The maximum absolute atomic E-state index is 11.8. The lowest BCUT2D eigenvalue weighted by atomic mass is 9.88. The lowest BCUT2D eigenvalue weighted by Crippen LogP contribution is -2.45. The molecule has 1 fully saturated rings. The standard InChI is InChI=1S/C14H27NO2/c1-11-9-15(10-12(2)17-11)8-6-7-13(16)14(3,4)5/h11-12H,6-10H2,1-5H3/t11-,12+. The van der Waals surface area contributed by atoms with E-state index in [2.05, 4.69) is 18.7 Å². The van der Waals surface area contributed by atoms with E-state index < -0.39 is 0 Å². The molecule has 0 aromatic carbocycles. The Hall–Kier alpha value is -0.410. The van der Waals surface area contributed by atoms with Crippen LogP contribution in [-0.4, -0.2) is 42.5 Å². The SMILES string of the molecule is C[C@@H]1CN(CCCC(=O)C(C)(C)C)C[C@H](C)O1. The molecule has 3 heteroatoms. The van der Waals surface area contributed by atoms with Crippen molar-refractivity contribution in [2.24, 2.45) is 5.41 Å². The molecule has 1 saturated heterocycles. The second-order valence-electron chi connectivity index (χ2n) is 6.29. The van der Waals surface area contributed by atoms with Gasteiger partial charge in [0, 0.05) is 24.9 Å². The number of hydrogen-bond donors (Lipinski definition) is 0. The zero-order chi connectivity index (χ0) is 13.1.